The Morgan fingerprint density at radius 1 is 1.42 bits per heavy atom. The Morgan fingerprint density at radius 2 is 2.04 bits per heavy atom. The summed E-state index contributed by atoms with van der Waals surface area (Å²) in [5, 5.41) is 13.2. The first-order valence-corrected chi connectivity index (χ1v) is 7.35. The molecule has 6 nitrogen and oxygen atoms in total. The number of aromatic nitrogens is 2. The number of ether oxygens (including phenoxy) is 1. The quantitative estimate of drug-likeness (QED) is 0.628. The first-order valence-electron chi connectivity index (χ1n) is 7.35. The molecule has 1 atom stereocenters. The maximum Gasteiger partial charge on any atom is 0.337 e. The van der Waals surface area contributed by atoms with Crippen molar-refractivity contribution in [3.63, 3.8) is 0 Å². The minimum absolute atomic E-state index is 0.0410. The van der Waals surface area contributed by atoms with E-state index in [9.17, 15) is 23.2 Å². The summed E-state index contributed by atoms with van der Waals surface area (Å²) in [5.74, 6) is -0.944. The molecule has 2 rings (SSSR count). The van der Waals surface area contributed by atoms with Crippen LogP contribution in [-0.2, 0) is 9.53 Å². The summed E-state index contributed by atoms with van der Waals surface area (Å²) in [6.45, 7) is 2.23. The van der Waals surface area contributed by atoms with Gasteiger partial charge in [-0.2, -0.15) is 10.4 Å². The lowest BCUT2D eigenvalue weighted by atomic mass is 10.0. The van der Waals surface area contributed by atoms with Crippen LogP contribution >= 0.6 is 0 Å². The molecule has 26 heavy (non-hydrogen) atoms. The second-order valence-corrected chi connectivity index (χ2v) is 5.27. The minimum Gasteiger partial charge on any atom is -0.465 e. The Kier molecular flexibility index (Phi) is 5.67. The van der Waals surface area contributed by atoms with Gasteiger partial charge in [-0.3, -0.25) is 0 Å². The summed E-state index contributed by atoms with van der Waals surface area (Å²) in [6.07, 6.45) is -3.03. The van der Waals surface area contributed by atoms with Crippen LogP contribution in [0.15, 0.2) is 30.8 Å². The molecule has 0 aliphatic carbocycles. The van der Waals surface area contributed by atoms with Gasteiger partial charge in [-0.25, -0.2) is 22.6 Å². The molecule has 0 radical (unpaired) electrons. The number of hydrogen-bond acceptors (Lipinski definition) is 5. The molecule has 1 unspecified atom stereocenters. The number of nitrogen functional groups attached to an aromatic ring is 1. The third-order valence-corrected chi connectivity index (χ3v) is 3.76. The Balaban J connectivity index is 2.47. The van der Waals surface area contributed by atoms with E-state index < -0.39 is 25.1 Å². The summed E-state index contributed by atoms with van der Waals surface area (Å²) in [7, 11) is 1.22. The lowest BCUT2D eigenvalue weighted by molar-refractivity contribution is -0.133. The lowest BCUT2D eigenvalue weighted by Crippen LogP contribution is -2.22. The molecule has 0 aliphatic heterocycles. The molecule has 0 fully saturated rings. The van der Waals surface area contributed by atoms with Crippen molar-refractivity contribution < 1.29 is 22.7 Å². The van der Waals surface area contributed by atoms with Crippen LogP contribution in [0.2, 0.25) is 0 Å². The fourth-order valence-electron chi connectivity index (χ4n) is 2.32. The van der Waals surface area contributed by atoms with Crippen molar-refractivity contribution in [3.05, 3.63) is 42.0 Å². The SMILES string of the molecule is C=C(C(=O)OC)c1ccc(-c2nn(C(CF)C(F)F)c(N)c2C#N)cc1. The summed E-state index contributed by atoms with van der Waals surface area (Å²) in [5.41, 5.74) is 6.60. The average molecular weight is 364 g/mol. The zero-order valence-electron chi connectivity index (χ0n) is 13.7. The van der Waals surface area contributed by atoms with Gasteiger partial charge < -0.3 is 10.5 Å². The highest BCUT2D eigenvalue weighted by Gasteiger charge is 2.28. The van der Waals surface area contributed by atoms with Crippen LogP contribution in [0.25, 0.3) is 16.8 Å². The van der Waals surface area contributed by atoms with E-state index in [0.717, 1.165) is 0 Å². The number of esters is 1. The number of nitrogens with zero attached hydrogens (tertiary/aromatic N) is 3. The number of nitriles is 1. The van der Waals surface area contributed by atoms with E-state index in [1.165, 1.54) is 31.4 Å². The van der Waals surface area contributed by atoms with Crippen LogP contribution in [-0.4, -0.2) is 36.0 Å². The normalized spacial score (nSPS) is 11.8. The van der Waals surface area contributed by atoms with E-state index in [4.69, 9.17) is 5.73 Å². The van der Waals surface area contributed by atoms with Gasteiger partial charge in [0, 0.05) is 5.56 Å². The van der Waals surface area contributed by atoms with Crippen molar-refractivity contribution in [3.8, 4) is 17.3 Å². The molecule has 0 saturated carbocycles. The summed E-state index contributed by atoms with van der Waals surface area (Å²) >= 11 is 0. The lowest BCUT2D eigenvalue weighted by Gasteiger charge is -2.13. The van der Waals surface area contributed by atoms with Crippen LogP contribution in [0, 0.1) is 11.3 Å². The monoisotopic (exact) mass is 364 g/mol. The third-order valence-electron chi connectivity index (χ3n) is 3.76. The van der Waals surface area contributed by atoms with Crippen LogP contribution in [0.4, 0.5) is 19.0 Å². The van der Waals surface area contributed by atoms with Gasteiger partial charge in [0.1, 0.15) is 35.9 Å². The summed E-state index contributed by atoms with van der Waals surface area (Å²) < 4.78 is 44.1. The van der Waals surface area contributed by atoms with Gasteiger partial charge in [-0.15, -0.1) is 0 Å². The first-order chi connectivity index (χ1) is 12.3. The van der Waals surface area contributed by atoms with Crippen molar-refractivity contribution in [2.75, 3.05) is 19.5 Å². The maximum atomic E-state index is 13.0. The number of alkyl halides is 3. The number of hydrogen-bond donors (Lipinski definition) is 1. The minimum atomic E-state index is -3.03. The number of anilines is 1. The third kappa shape index (κ3) is 3.39. The van der Waals surface area contributed by atoms with Gasteiger partial charge in [0.15, 0.2) is 0 Å². The number of rotatable bonds is 6. The highest BCUT2D eigenvalue weighted by atomic mass is 19.3. The van der Waals surface area contributed by atoms with Crippen molar-refractivity contribution >= 4 is 17.4 Å². The van der Waals surface area contributed by atoms with E-state index >= 15 is 0 Å². The Bertz CT molecular complexity index is 869. The van der Waals surface area contributed by atoms with E-state index in [1.54, 1.807) is 6.07 Å². The van der Waals surface area contributed by atoms with Crippen LogP contribution in [0.5, 0.6) is 0 Å². The maximum absolute atomic E-state index is 13.0. The van der Waals surface area contributed by atoms with Crippen molar-refractivity contribution in [2.45, 2.75) is 12.5 Å². The highest BCUT2D eigenvalue weighted by Crippen LogP contribution is 2.31. The van der Waals surface area contributed by atoms with Gasteiger partial charge in [0.05, 0.1) is 12.7 Å². The fourth-order valence-corrected chi connectivity index (χ4v) is 2.32. The van der Waals surface area contributed by atoms with Crippen LogP contribution < -0.4 is 5.73 Å². The molecule has 9 heteroatoms. The Labute approximate surface area is 147 Å². The average Bonchev–Trinajstić information content (AvgIpc) is 2.97. The van der Waals surface area contributed by atoms with Gasteiger partial charge in [0.25, 0.3) is 6.43 Å². The number of nitrogens with two attached hydrogens (primary N) is 1. The van der Waals surface area contributed by atoms with E-state index in [2.05, 4.69) is 16.4 Å². The molecule has 0 amide bonds. The smallest absolute Gasteiger partial charge is 0.337 e. The van der Waals surface area contributed by atoms with Crippen molar-refractivity contribution in [1.29, 1.82) is 5.26 Å². The predicted octanol–water partition coefficient (Wildman–Crippen LogP) is 2.97. The number of carbonyl (C=O) groups excluding carboxylic acids is 1. The van der Waals surface area contributed by atoms with E-state index in [-0.39, 0.29) is 22.6 Å². The zero-order chi connectivity index (χ0) is 19.4. The molecule has 2 aromatic rings. The molecular formula is C17H15F3N4O2. The second kappa shape index (κ2) is 7.74. The molecule has 0 aliphatic rings. The standard InChI is InChI=1S/C17H15F3N4O2/c1-9(17(25)26-2)10-3-5-11(6-4-10)14-12(8-21)16(22)24(23-14)13(7-18)15(19)20/h3-6,13,15H,1,7,22H2,2H3. The number of carbonyl (C=O) groups is 1. The predicted molar refractivity (Wildman–Crippen MR) is 88.9 cm³/mol. The molecule has 0 saturated heterocycles. The molecule has 1 aromatic heterocycles. The molecule has 136 valence electrons. The van der Waals surface area contributed by atoms with E-state index in [1.807, 2.05) is 0 Å². The van der Waals surface area contributed by atoms with Crippen molar-refractivity contribution in [1.82, 2.24) is 9.78 Å². The molecule has 1 aromatic carbocycles. The Hall–Kier alpha value is -3.28. The van der Waals surface area contributed by atoms with Crippen molar-refractivity contribution in [2.24, 2.45) is 0 Å². The number of methoxy groups -OCH3 is 1. The van der Waals surface area contributed by atoms with Crippen LogP contribution in [0.1, 0.15) is 17.2 Å². The zero-order valence-corrected chi connectivity index (χ0v) is 13.7. The second-order valence-electron chi connectivity index (χ2n) is 5.27. The van der Waals surface area contributed by atoms with Gasteiger partial charge in [-0.05, 0) is 5.56 Å². The van der Waals surface area contributed by atoms with Gasteiger partial charge in [0.2, 0.25) is 0 Å². The molecule has 1 heterocycles. The largest absolute Gasteiger partial charge is 0.465 e. The number of halogens is 3. The summed E-state index contributed by atoms with van der Waals surface area (Å²) in [4.78, 5) is 11.5. The van der Waals surface area contributed by atoms with Gasteiger partial charge in [-0.1, -0.05) is 30.8 Å². The molecule has 2 N–H and O–H groups in total. The highest BCUT2D eigenvalue weighted by molar-refractivity contribution is 6.15. The fraction of sp³-hybridized carbons (Fsp3) is 0.235. The van der Waals surface area contributed by atoms with E-state index in [0.29, 0.717) is 15.8 Å². The Morgan fingerprint density at radius 3 is 2.50 bits per heavy atom. The van der Waals surface area contributed by atoms with Crippen LogP contribution in [0.3, 0.4) is 0 Å². The molecular weight excluding hydrogens is 349 g/mol. The molecule has 0 spiro atoms. The topological polar surface area (TPSA) is 93.9 Å². The number of benzene rings is 1. The first kappa shape index (κ1) is 19.1. The summed E-state index contributed by atoms with van der Waals surface area (Å²) in [6, 6.07) is 6.02. The molecule has 0 bridgehead atoms. The van der Waals surface area contributed by atoms with Gasteiger partial charge >= 0.3 is 5.97 Å².